The van der Waals surface area contributed by atoms with E-state index in [0.717, 1.165) is 18.4 Å². The summed E-state index contributed by atoms with van der Waals surface area (Å²) in [5.74, 6) is 1.22. The van der Waals surface area contributed by atoms with E-state index in [2.05, 4.69) is 0 Å². The molecule has 2 aromatic rings. The highest BCUT2D eigenvalue weighted by Gasteiger charge is 2.36. The smallest absolute Gasteiger partial charge is 0.243 e. The Morgan fingerprint density at radius 2 is 1.72 bits per heavy atom. The molecule has 0 saturated carbocycles. The summed E-state index contributed by atoms with van der Waals surface area (Å²) >= 11 is 0. The largest absolute Gasteiger partial charge is 0.493 e. The monoisotopic (exact) mass is 362 g/mol. The zero-order valence-corrected chi connectivity index (χ0v) is 15.1. The van der Waals surface area contributed by atoms with Gasteiger partial charge in [-0.2, -0.15) is 4.31 Å². The van der Waals surface area contributed by atoms with Gasteiger partial charge in [0.1, 0.15) is 0 Å². The maximum Gasteiger partial charge on any atom is 0.243 e. The Hall–Kier alpha value is -2.25. The lowest BCUT2D eigenvalue weighted by Crippen LogP contribution is -2.30. The first-order chi connectivity index (χ1) is 12.0. The van der Waals surface area contributed by atoms with Crippen LogP contribution in [0.3, 0.4) is 0 Å². The summed E-state index contributed by atoms with van der Waals surface area (Å²) in [4.78, 5) is 0.258. The SMILES string of the molecule is COc1ccc([C@@H]2CCCN2S(=O)(=O)c2ccc(N)cc2)cc1OC. The second kappa shape index (κ2) is 6.93. The quantitative estimate of drug-likeness (QED) is 0.827. The molecule has 7 heteroatoms. The fraction of sp³-hybridized carbons (Fsp3) is 0.333. The minimum atomic E-state index is -3.58. The van der Waals surface area contributed by atoms with Gasteiger partial charge < -0.3 is 15.2 Å². The number of benzene rings is 2. The molecule has 1 saturated heterocycles. The summed E-state index contributed by atoms with van der Waals surface area (Å²) in [6.45, 7) is 0.492. The zero-order valence-electron chi connectivity index (χ0n) is 14.3. The third-order valence-electron chi connectivity index (χ3n) is 4.48. The van der Waals surface area contributed by atoms with Gasteiger partial charge in [0.05, 0.1) is 25.2 Å². The summed E-state index contributed by atoms with van der Waals surface area (Å²) in [6, 6.07) is 11.6. The lowest BCUT2D eigenvalue weighted by Gasteiger charge is -2.25. The van der Waals surface area contributed by atoms with Crippen molar-refractivity contribution in [1.82, 2.24) is 4.31 Å². The van der Waals surface area contributed by atoms with Crippen molar-refractivity contribution in [3.63, 3.8) is 0 Å². The topological polar surface area (TPSA) is 81.9 Å². The molecule has 1 aliphatic rings. The van der Waals surface area contributed by atoms with E-state index in [9.17, 15) is 8.42 Å². The molecule has 1 atom stereocenters. The maximum absolute atomic E-state index is 13.0. The standard InChI is InChI=1S/C18H22N2O4S/c1-23-17-10-5-13(12-18(17)24-2)16-4-3-11-20(16)25(21,22)15-8-6-14(19)7-9-15/h5-10,12,16H,3-4,11,19H2,1-2H3/t16-/m0/s1. The normalized spacial score (nSPS) is 18.2. The van der Waals surface area contributed by atoms with E-state index in [1.54, 1.807) is 48.9 Å². The van der Waals surface area contributed by atoms with Crippen LogP contribution in [-0.2, 0) is 10.0 Å². The van der Waals surface area contributed by atoms with Crippen molar-refractivity contribution in [3.8, 4) is 11.5 Å². The third kappa shape index (κ3) is 3.29. The molecule has 0 radical (unpaired) electrons. The summed E-state index contributed by atoms with van der Waals surface area (Å²) < 4.78 is 38.2. The third-order valence-corrected chi connectivity index (χ3v) is 6.41. The molecule has 3 rings (SSSR count). The molecule has 6 nitrogen and oxygen atoms in total. The first-order valence-corrected chi connectivity index (χ1v) is 9.50. The number of nitrogens with two attached hydrogens (primary N) is 1. The molecule has 2 N–H and O–H groups in total. The molecule has 0 bridgehead atoms. The first kappa shape index (κ1) is 17.6. The molecule has 1 aliphatic heterocycles. The second-order valence-electron chi connectivity index (χ2n) is 5.96. The van der Waals surface area contributed by atoms with Crippen molar-refractivity contribution in [2.24, 2.45) is 0 Å². The van der Waals surface area contributed by atoms with E-state index in [1.807, 2.05) is 12.1 Å². The van der Waals surface area contributed by atoms with Gasteiger partial charge in [-0.1, -0.05) is 6.07 Å². The summed E-state index contributed by atoms with van der Waals surface area (Å²) in [6.07, 6.45) is 1.58. The van der Waals surface area contributed by atoms with Gasteiger partial charge in [-0.3, -0.25) is 0 Å². The highest BCUT2D eigenvalue weighted by molar-refractivity contribution is 7.89. The predicted molar refractivity (Wildman–Crippen MR) is 96.3 cm³/mol. The average Bonchev–Trinajstić information content (AvgIpc) is 3.12. The molecule has 2 aromatic carbocycles. The minimum Gasteiger partial charge on any atom is -0.493 e. The van der Waals surface area contributed by atoms with Gasteiger partial charge >= 0.3 is 0 Å². The van der Waals surface area contributed by atoms with Crippen LogP contribution in [0.15, 0.2) is 47.4 Å². The molecule has 134 valence electrons. The number of nitrogen functional groups attached to an aromatic ring is 1. The molecule has 1 fully saturated rings. The van der Waals surface area contributed by atoms with Gasteiger partial charge in [-0.05, 0) is 54.8 Å². The Labute approximate surface area is 148 Å². The number of anilines is 1. The van der Waals surface area contributed by atoms with Crippen molar-refractivity contribution in [2.45, 2.75) is 23.8 Å². The molecule has 25 heavy (non-hydrogen) atoms. The summed E-state index contributed by atoms with van der Waals surface area (Å²) in [5.41, 5.74) is 7.10. The Balaban J connectivity index is 1.96. The Kier molecular flexibility index (Phi) is 4.87. The Morgan fingerprint density at radius 3 is 2.36 bits per heavy atom. The molecule has 0 aliphatic carbocycles. The van der Waals surface area contributed by atoms with Gasteiger partial charge in [0.2, 0.25) is 10.0 Å². The number of ether oxygens (including phenoxy) is 2. The molecular formula is C18H22N2O4S. The van der Waals surface area contributed by atoms with Crippen LogP contribution in [-0.4, -0.2) is 33.5 Å². The lowest BCUT2D eigenvalue weighted by molar-refractivity contribution is 0.351. The molecule has 1 heterocycles. The highest BCUT2D eigenvalue weighted by atomic mass is 32.2. The van der Waals surface area contributed by atoms with Gasteiger partial charge in [0.25, 0.3) is 0 Å². The fourth-order valence-corrected chi connectivity index (χ4v) is 4.88. The number of methoxy groups -OCH3 is 2. The van der Waals surface area contributed by atoms with Crippen LogP contribution in [0.1, 0.15) is 24.4 Å². The molecule has 0 spiro atoms. The summed E-state index contributed by atoms with van der Waals surface area (Å²) in [5, 5.41) is 0. The number of sulfonamides is 1. The van der Waals surface area contributed by atoms with Crippen molar-refractivity contribution < 1.29 is 17.9 Å². The zero-order chi connectivity index (χ0) is 18.0. The lowest BCUT2D eigenvalue weighted by atomic mass is 10.0. The van der Waals surface area contributed by atoms with Gasteiger partial charge in [0, 0.05) is 12.2 Å². The van der Waals surface area contributed by atoms with Crippen LogP contribution in [0, 0.1) is 0 Å². The van der Waals surface area contributed by atoms with Crippen LogP contribution in [0.4, 0.5) is 5.69 Å². The number of rotatable bonds is 5. The molecule has 0 aromatic heterocycles. The van der Waals surface area contributed by atoms with E-state index >= 15 is 0 Å². The maximum atomic E-state index is 13.0. The van der Waals surface area contributed by atoms with Crippen molar-refractivity contribution in [3.05, 3.63) is 48.0 Å². The highest BCUT2D eigenvalue weighted by Crippen LogP contribution is 2.39. The van der Waals surface area contributed by atoms with Gasteiger partial charge in [-0.25, -0.2) is 8.42 Å². The van der Waals surface area contributed by atoms with E-state index < -0.39 is 10.0 Å². The number of nitrogens with zero attached hydrogens (tertiary/aromatic N) is 1. The van der Waals surface area contributed by atoms with Gasteiger partial charge in [-0.15, -0.1) is 0 Å². The number of hydrogen-bond donors (Lipinski definition) is 1. The van der Waals surface area contributed by atoms with Crippen molar-refractivity contribution >= 4 is 15.7 Å². The van der Waals surface area contributed by atoms with Crippen LogP contribution in [0.5, 0.6) is 11.5 Å². The first-order valence-electron chi connectivity index (χ1n) is 8.06. The van der Waals surface area contributed by atoms with Crippen molar-refractivity contribution in [2.75, 3.05) is 26.5 Å². The molecule has 0 amide bonds. The fourth-order valence-electron chi connectivity index (χ4n) is 3.20. The van der Waals surface area contributed by atoms with Crippen LogP contribution in [0.25, 0.3) is 0 Å². The predicted octanol–water partition coefficient (Wildman–Crippen LogP) is 2.81. The van der Waals surface area contributed by atoms with Gasteiger partial charge in [0.15, 0.2) is 11.5 Å². The minimum absolute atomic E-state index is 0.220. The van der Waals surface area contributed by atoms with Crippen LogP contribution in [0.2, 0.25) is 0 Å². The van der Waals surface area contributed by atoms with E-state index in [1.165, 1.54) is 0 Å². The molecular weight excluding hydrogens is 340 g/mol. The second-order valence-corrected chi connectivity index (χ2v) is 7.85. The average molecular weight is 362 g/mol. The molecule has 0 unspecified atom stereocenters. The van der Waals surface area contributed by atoms with Crippen LogP contribution >= 0.6 is 0 Å². The Bertz CT molecular complexity index is 850. The summed E-state index contributed by atoms with van der Waals surface area (Å²) in [7, 11) is -0.439. The van der Waals surface area contributed by atoms with E-state index in [4.69, 9.17) is 15.2 Å². The van der Waals surface area contributed by atoms with E-state index in [-0.39, 0.29) is 10.9 Å². The van der Waals surface area contributed by atoms with Crippen LogP contribution < -0.4 is 15.2 Å². The Morgan fingerprint density at radius 1 is 1.04 bits per heavy atom. The van der Waals surface area contributed by atoms with Crippen molar-refractivity contribution in [1.29, 1.82) is 0 Å². The number of hydrogen-bond acceptors (Lipinski definition) is 5. The van der Waals surface area contributed by atoms with E-state index in [0.29, 0.717) is 23.7 Å².